The van der Waals surface area contributed by atoms with Crippen LogP contribution in [0.3, 0.4) is 0 Å². The third kappa shape index (κ3) is 3.15. The van der Waals surface area contributed by atoms with Gasteiger partial charge < -0.3 is 14.6 Å². The number of allylic oxidation sites excluding steroid dienone is 1. The minimum absolute atomic E-state index is 0.528. The highest BCUT2D eigenvalue weighted by Gasteiger charge is 2.07. The normalized spacial score (nSPS) is 13.3. The van der Waals surface area contributed by atoms with Crippen LogP contribution in [0.15, 0.2) is 79.1 Å². The second-order valence-electron chi connectivity index (χ2n) is 6.44. The Kier molecular flexibility index (Phi) is 3.83. The summed E-state index contributed by atoms with van der Waals surface area (Å²) in [6, 6.07) is 18.3. The van der Waals surface area contributed by atoms with Crippen LogP contribution in [0.5, 0.6) is 5.75 Å². The molecule has 0 aliphatic carbocycles. The average molecular weight is 354 g/mol. The standard InChI is InChI=1S/C22H18N4O/c1-2-13-27-19-5-3-4-18(15-19)24-22-23-10-8-20(25-22)17-7-6-16-9-12-26(11-1)21(16)14-17/h1-10,12,14-15H,11,13H2,(H,23,24,25). The summed E-state index contributed by atoms with van der Waals surface area (Å²) < 4.78 is 8.05. The second kappa shape index (κ2) is 6.61. The smallest absolute Gasteiger partial charge is 0.227 e. The Morgan fingerprint density at radius 2 is 2.00 bits per heavy atom. The zero-order valence-corrected chi connectivity index (χ0v) is 14.7. The fraction of sp³-hybridized carbons (Fsp3) is 0.0909. The van der Waals surface area contributed by atoms with Gasteiger partial charge in [-0.3, -0.25) is 0 Å². The third-order valence-corrected chi connectivity index (χ3v) is 4.63. The van der Waals surface area contributed by atoms with E-state index in [-0.39, 0.29) is 0 Å². The van der Waals surface area contributed by atoms with Crippen molar-refractivity contribution in [3.63, 3.8) is 0 Å². The molecule has 0 fully saturated rings. The van der Waals surface area contributed by atoms with Gasteiger partial charge in [0.15, 0.2) is 0 Å². The number of ether oxygens (including phenoxy) is 1. The molecule has 0 saturated heterocycles. The highest BCUT2D eigenvalue weighted by atomic mass is 16.5. The van der Waals surface area contributed by atoms with Gasteiger partial charge in [-0.1, -0.05) is 24.3 Å². The topological polar surface area (TPSA) is 52.0 Å². The van der Waals surface area contributed by atoms with Crippen LogP contribution < -0.4 is 10.1 Å². The maximum Gasteiger partial charge on any atom is 0.227 e. The molecule has 0 atom stereocenters. The lowest BCUT2D eigenvalue weighted by atomic mass is 10.1. The fourth-order valence-corrected chi connectivity index (χ4v) is 3.28. The second-order valence-corrected chi connectivity index (χ2v) is 6.44. The van der Waals surface area contributed by atoms with E-state index in [4.69, 9.17) is 4.74 Å². The predicted octanol–water partition coefficient (Wildman–Crippen LogP) is 4.79. The van der Waals surface area contributed by atoms with Crippen LogP contribution in [0, 0.1) is 0 Å². The SMILES string of the molecule is C1=CCn2ccc3ccc(cc32)-c2ccnc(n2)Nc2cccc(c2)OC1. The van der Waals surface area contributed by atoms with E-state index in [1.165, 1.54) is 10.9 Å². The molecule has 3 heterocycles. The molecule has 0 radical (unpaired) electrons. The molecule has 0 unspecified atom stereocenters. The molecule has 5 nitrogen and oxygen atoms in total. The first-order chi connectivity index (χ1) is 13.3. The third-order valence-electron chi connectivity index (χ3n) is 4.63. The molecule has 0 saturated carbocycles. The minimum Gasteiger partial charge on any atom is -0.489 e. The van der Waals surface area contributed by atoms with E-state index in [2.05, 4.69) is 56.4 Å². The van der Waals surface area contributed by atoms with Crippen LogP contribution >= 0.6 is 0 Å². The van der Waals surface area contributed by atoms with E-state index >= 15 is 0 Å². The summed E-state index contributed by atoms with van der Waals surface area (Å²) in [5, 5.41) is 4.48. The summed E-state index contributed by atoms with van der Waals surface area (Å²) in [7, 11) is 0. The summed E-state index contributed by atoms with van der Waals surface area (Å²) in [4.78, 5) is 9.04. The lowest BCUT2D eigenvalue weighted by Gasteiger charge is -2.10. The molecular formula is C22H18N4O. The van der Waals surface area contributed by atoms with E-state index in [9.17, 15) is 0 Å². The molecule has 4 aromatic rings. The van der Waals surface area contributed by atoms with E-state index < -0.39 is 0 Å². The number of hydrogen-bond acceptors (Lipinski definition) is 4. The Labute approximate surface area is 157 Å². The molecule has 6 bridgehead atoms. The molecule has 27 heavy (non-hydrogen) atoms. The number of benzene rings is 2. The molecule has 2 aromatic carbocycles. The lowest BCUT2D eigenvalue weighted by molar-refractivity contribution is 0.362. The van der Waals surface area contributed by atoms with Gasteiger partial charge in [0.1, 0.15) is 12.4 Å². The van der Waals surface area contributed by atoms with Crippen molar-refractivity contribution in [2.45, 2.75) is 6.54 Å². The molecule has 5 heteroatoms. The van der Waals surface area contributed by atoms with Gasteiger partial charge in [-0.15, -0.1) is 0 Å². The molecule has 2 aromatic heterocycles. The summed E-state index contributed by atoms with van der Waals surface area (Å²) in [5.74, 6) is 1.37. The number of nitrogens with zero attached hydrogens (tertiary/aromatic N) is 3. The molecule has 0 amide bonds. The zero-order valence-electron chi connectivity index (χ0n) is 14.7. The summed E-state index contributed by atoms with van der Waals surface area (Å²) >= 11 is 0. The molecule has 1 aliphatic rings. The number of rotatable bonds is 0. The Bertz CT molecular complexity index is 1150. The van der Waals surface area contributed by atoms with Crippen LogP contribution in [0.1, 0.15) is 0 Å². The Balaban J connectivity index is 1.63. The number of hydrogen-bond donors (Lipinski definition) is 1. The van der Waals surface area contributed by atoms with Crippen molar-refractivity contribution in [2.24, 2.45) is 0 Å². The van der Waals surface area contributed by atoms with Gasteiger partial charge in [-0.05, 0) is 41.8 Å². The van der Waals surface area contributed by atoms with Gasteiger partial charge in [0, 0.05) is 41.8 Å². The van der Waals surface area contributed by atoms with Crippen LogP contribution in [-0.4, -0.2) is 21.1 Å². The van der Waals surface area contributed by atoms with Gasteiger partial charge in [0.25, 0.3) is 0 Å². The van der Waals surface area contributed by atoms with E-state index in [0.29, 0.717) is 12.6 Å². The molecule has 0 spiro atoms. The van der Waals surface area contributed by atoms with Gasteiger partial charge in [-0.25, -0.2) is 9.97 Å². The first-order valence-corrected chi connectivity index (χ1v) is 8.92. The van der Waals surface area contributed by atoms with Gasteiger partial charge in [0.2, 0.25) is 5.95 Å². The number of nitrogens with one attached hydrogen (secondary N) is 1. The van der Waals surface area contributed by atoms with Crippen molar-refractivity contribution >= 4 is 22.5 Å². The van der Waals surface area contributed by atoms with Crippen molar-refractivity contribution in [2.75, 3.05) is 11.9 Å². The van der Waals surface area contributed by atoms with Crippen LogP contribution in [0.2, 0.25) is 0 Å². The molecular weight excluding hydrogens is 336 g/mol. The largest absolute Gasteiger partial charge is 0.489 e. The van der Waals surface area contributed by atoms with Crippen molar-refractivity contribution < 1.29 is 4.74 Å². The number of aromatic nitrogens is 3. The minimum atomic E-state index is 0.528. The Morgan fingerprint density at radius 3 is 3.00 bits per heavy atom. The zero-order chi connectivity index (χ0) is 18.1. The van der Waals surface area contributed by atoms with Crippen molar-refractivity contribution in [3.8, 4) is 17.0 Å². The molecule has 5 rings (SSSR count). The number of fused-ring (bicyclic) bond motifs is 6. The fourth-order valence-electron chi connectivity index (χ4n) is 3.28. The number of anilines is 2. The van der Waals surface area contributed by atoms with Gasteiger partial charge in [-0.2, -0.15) is 0 Å². The van der Waals surface area contributed by atoms with Crippen LogP contribution in [0.25, 0.3) is 22.2 Å². The van der Waals surface area contributed by atoms with Gasteiger partial charge in [0.05, 0.1) is 5.69 Å². The highest BCUT2D eigenvalue weighted by Crippen LogP contribution is 2.26. The Hall–Kier alpha value is -3.60. The van der Waals surface area contributed by atoms with Crippen molar-refractivity contribution in [1.82, 2.24) is 14.5 Å². The maximum atomic E-state index is 5.82. The van der Waals surface area contributed by atoms with E-state index in [1.807, 2.05) is 36.4 Å². The lowest BCUT2D eigenvalue weighted by Crippen LogP contribution is -2.00. The molecule has 132 valence electrons. The van der Waals surface area contributed by atoms with Crippen LogP contribution in [-0.2, 0) is 6.54 Å². The van der Waals surface area contributed by atoms with E-state index in [0.717, 1.165) is 29.2 Å². The predicted molar refractivity (Wildman–Crippen MR) is 107 cm³/mol. The first kappa shape index (κ1) is 15.6. The summed E-state index contributed by atoms with van der Waals surface area (Å²) in [5.41, 5.74) is 4.03. The Morgan fingerprint density at radius 1 is 1.00 bits per heavy atom. The first-order valence-electron chi connectivity index (χ1n) is 8.92. The monoisotopic (exact) mass is 354 g/mol. The highest BCUT2D eigenvalue weighted by molar-refractivity contribution is 5.85. The van der Waals surface area contributed by atoms with Crippen molar-refractivity contribution in [1.29, 1.82) is 0 Å². The average Bonchev–Trinajstić information content (AvgIpc) is 3.10. The van der Waals surface area contributed by atoms with Crippen LogP contribution in [0.4, 0.5) is 11.6 Å². The van der Waals surface area contributed by atoms with Crippen molar-refractivity contribution in [3.05, 3.63) is 79.1 Å². The summed E-state index contributed by atoms with van der Waals surface area (Å²) in [6.45, 7) is 1.33. The molecule has 1 N–H and O–H groups in total. The molecule has 1 aliphatic heterocycles. The van der Waals surface area contributed by atoms with Gasteiger partial charge >= 0.3 is 0 Å². The summed E-state index contributed by atoms with van der Waals surface area (Å²) in [6.07, 6.45) is 8.06. The maximum absolute atomic E-state index is 5.82. The quantitative estimate of drug-likeness (QED) is 0.461. The van der Waals surface area contributed by atoms with E-state index in [1.54, 1.807) is 6.20 Å².